The van der Waals surface area contributed by atoms with Crippen LogP contribution in [0.1, 0.15) is 5.56 Å². The zero-order chi connectivity index (χ0) is 14.0. The summed E-state index contributed by atoms with van der Waals surface area (Å²) in [6.45, 7) is -0.182. The molecule has 0 aliphatic carbocycles. The number of nitrogens with zero attached hydrogens (tertiary/aromatic N) is 1. The van der Waals surface area contributed by atoms with Crippen LogP contribution in [0.25, 0.3) is 0 Å². The molecule has 0 aliphatic rings. The number of anilines is 1. The molecule has 102 valence electrons. The first-order chi connectivity index (χ1) is 8.90. The van der Waals surface area contributed by atoms with Crippen molar-refractivity contribution in [2.45, 2.75) is 11.4 Å². The largest absolute Gasteiger partial charge is 0.383 e. The molecule has 0 bridgehead atoms. The van der Waals surface area contributed by atoms with Crippen LogP contribution in [0.15, 0.2) is 33.8 Å². The van der Waals surface area contributed by atoms with Gasteiger partial charge in [0.15, 0.2) is 0 Å². The van der Waals surface area contributed by atoms with E-state index in [1.165, 1.54) is 18.2 Å². The predicted molar refractivity (Wildman–Crippen MR) is 71.1 cm³/mol. The third kappa shape index (κ3) is 3.11. The number of aromatic amines is 1. The zero-order valence-electron chi connectivity index (χ0n) is 9.52. The Morgan fingerprint density at radius 1 is 1.47 bits per heavy atom. The van der Waals surface area contributed by atoms with Crippen molar-refractivity contribution in [2.24, 2.45) is 0 Å². The van der Waals surface area contributed by atoms with Gasteiger partial charge in [0.2, 0.25) is 10.0 Å². The van der Waals surface area contributed by atoms with Crippen LogP contribution < -0.4 is 10.5 Å². The number of nitrogens with one attached hydrogen (secondary N) is 2. The van der Waals surface area contributed by atoms with Crippen LogP contribution >= 0.6 is 15.9 Å². The number of sulfonamides is 1. The van der Waals surface area contributed by atoms with Gasteiger partial charge in [0.25, 0.3) is 0 Å². The molecule has 2 aromatic rings. The first-order valence-electron chi connectivity index (χ1n) is 5.12. The number of nitrogen functional groups attached to an aromatic ring is 1. The lowest BCUT2D eigenvalue weighted by molar-refractivity contribution is 0.574. The van der Waals surface area contributed by atoms with Crippen LogP contribution in [-0.2, 0) is 16.6 Å². The van der Waals surface area contributed by atoms with Crippen LogP contribution in [-0.4, -0.2) is 18.6 Å². The first kappa shape index (κ1) is 14.0. The number of halogens is 2. The summed E-state index contributed by atoms with van der Waals surface area (Å²) in [5.74, 6) is -0.562. The number of hydrogen-bond donors (Lipinski definition) is 3. The molecule has 9 heteroatoms. The van der Waals surface area contributed by atoms with E-state index >= 15 is 0 Å². The van der Waals surface area contributed by atoms with Crippen molar-refractivity contribution >= 4 is 31.8 Å². The van der Waals surface area contributed by atoms with Crippen molar-refractivity contribution < 1.29 is 12.8 Å². The lowest BCUT2D eigenvalue weighted by atomic mass is 10.2. The molecule has 6 nitrogen and oxygen atoms in total. The molecular weight excluding hydrogens is 339 g/mol. The molecule has 19 heavy (non-hydrogen) atoms. The summed E-state index contributed by atoms with van der Waals surface area (Å²) in [5, 5.41) is 5.84. The Hall–Kier alpha value is -1.45. The molecule has 0 saturated heterocycles. The number of aromatic nitrogens is 2. The Kier molecular flexibility index (Phi) is 3.88. The van der Waals surface area contributed by atoms with E-state index in [-0.39, 0.29) is 22.8 Å². The van der Waals surface area contributed by atoms with E-state index in [1.54, 1.807) is 0 Å². The van der Waals surface area contributed by atoms with E-state index in [9.17, 15) is 12.8 Å². The number of benzene rings is 1. The summed E-state index contributed by atoms with van der Waals surface area (Å²) in [6, 6.07) is 4.28. The van der Waals surface area contributed by atoms with E-state index in [1.807, 2.05) is 0 Å². The average Bonchev–Trinajstić information content (AvgIpc) is 2.78. The summed E-state index contributed by atoms with van der Waals surface area (Å²) in [5.41, 5.74) is 5.65. The Balaban J connectivity index is 2.19. The molecule has 2 rings (SSSR count). The maximum atomic E-state index is 13.5. The highest BCUT2D eigenvalue weighted by Crippen LogP contribution is 2.17. The van der Waals surface area contributed by atoms with Crippen molar-refractivity contribution in [3.63, 3.8) is 0 Å². The summed E-state index contributed by atoms with van der Waals surface area (Å²) >= 11 is 3.19. The summed E-state index contributed by atoms with van der Waals surface area (Å²) in [4.78, 5) is -0.164. The summed E-state index contributed by atoms with van der Waals surface area (Å²) in [7, 11) is -3.83. The van der Waals surface area contributed by atoms with Crippen molar-refractivity contribution in [1.29, 1.82) is 0 Å². The molecule has 0 atom stereocenters. The van der Waals surface area contributed by atoms with Crippen LogP contribution in [0.5, 0.6) is 0 Å². The highest BCUT2D eigenvalue weighted by Gasteiger charge is 2.19. The smallest absolute Gasteiger partial charge is 0.246 e. The monoisotopic (exact) mass is 348 g/mol. The molecule has 0 spiro atoms. The van der Waals surface area contributed by atoms with E-state index in [0.717, 1.165) is 6.20 Å². The van der Waals surface area contributed by atoms with Gasteiger partial charge in [0, 0.05) is 16.6 Å². The van der Waals surface area contributed by atoms with Gasteiger partial charge in [-0.2, -0.15) is 5.10 Å². The van der Waals surface area contributed by atoms with Gasteiger partial charge in [-0.1, -0.05) is 15.9 Å². The van der Waals surface area contributed by atoms with Crippen LogP contribution in [0.2, 0.25) is 0 Å². The van der Waals surface area contributed by atoms with Crippen molar-refractivity contribution in [2.75, 3.05) is 5.73 Å². The van der Waals surface area contributed by atoms with Crippen LogP contribution in [0.4, 0.5) is 10.2 Å². The van der Waals surface area contributed by atoms with Crippen molar-refractivity contribution in [3.05, 3.63) is 40.2 Å². The van der Waals surface area contributed by atoms with Crippen molar-refractivity contribution in [3.8, 4) is 0 Å². The Bertz CT molecular complexity index is 701. The molecule has 0 fully saturated rings. The van der Waals surface area contributed by atoms with E-state index < -0.39 is 15.8 Å². The first-order valence-corrected chi connectivity index (χ1v) is 7.40. The fourth-order valence-corrected chi connectivity index (χ4v) is 2.86. The van der Waals surface area contributed by atoms with E-state index in [4.69, 9.17) is 5.73 Å². The Morgan fingerprint density at radius 2 is 2.21 bits per heavy atom. The molecule has 4 N–H and O–H groups in total. The van der Waals surface area contributed by atoms with Gasteiger partial charge in [-0.15, -0.1) is 0 Å². The molecule has 0 saturated carbocycles. The average molecular weight is 349 g/mol. The molecule has 1 aromatic heterocycles. The standard InChI is InChI=1S/C10H10BrFN4O2S/c11-7-1-2-8(12)6(3-7)4-15-19(17,18)9-5-14-16-10(9)13/h1-3,5,15H,4H2,(H3,13,14,16). The minimum absolute atomic E-state index is 0.0674. The number of rotatable bonds is 4. The van der Waals surface area contributed by atoms with Crippen LogP contribution in [0, 0.1) is 5.82 Å². The third-order valence-corrected chi connectivity index (χ3v) is 4.30. The zero-order valence-corrected chi connectivity index (χ0v) is 11.9. The van der Waals surface area contributed by atoms with Gasteiger partial charge in [-0.3, -0.25) is 5.10 Å². The summed E-state index contributed by atoms with van der Waals surface area (Å²) in [6.07, 6.45) is 1.09. The van der Waals surface area contributed by atoms with E-state index in [0.29, 0.717) is 4.47 Å². The SMILES string of the molecule is Nc1[nH]ncc1S(=O)(=O)NCc1cc(Br)ccc1F. The molecule has 0 amide bonds. The lowest BCUT2D eigenvalue weighted by Crippen LogP contribution is -2.24. The van der Waals surface area contributed by atoms with Gasteiger partial charge >= 0.3 is 0 Å². The second-order valence-electron chi connectivity index (χ2n) is 3.71. The van der Waals surface area contributed by atoms with Gasteiger partial charge < -0.3 is 5.73 Å². The highest BCUT2D eigenvalue weighted by atomic mass is 79.9. The number of nitrogens with two attached hydrogens (primary N) is 1. The second kappa shape index (κ2) is 5.27. The lowest BCUT2D eigenvalue weighted by Gasteiger charge is -2.07. The maximum absolute atomic E-state index is 13.5. The van der Waals surface area contributed by atoms with Gasteiger partial charge in [0.1, 0.15) is 16.5 Å². The minimum Gasteiger partial charge on any atom is -0.383 e. The second-order valence-corrected chi connectivity index (χ2v) is 6.36. The molecule has 1 heterocycles. The Morgan fingerprint density at radius 3 is 2.84 bits per heavy atom. The topological polar surface area (TPSA) is 101 Å². The minimum atomic E-state index is -3.83. The highest BCUT2D eigenvalue weighted by molar-refractivity contribution is 9.10. The quantitative estimate of drug-likeness (QED) is 0.776. The van der Waals surface area contributed by atoms with Gasteiger partial charge in [-0.25, -0.2) is 17.5 Å². The number of hydrogen-bond acceptors (Lipinski definition) is 4. The molecular formula is C10H10BrFN4O2S. The normalized spacial score (nSPS) is 11.7. The summed E-state index contributed by atoms with van der Waals surface area (Å²) < 4.78 is 40.2. The van der Waals surface area contributed by atoms with E-state index in [2.05, 4.69) is 30.8 Å². The maximum Gasteiger partial charge on any atom is 0.246 e. The van der Waals surface area contributed by atoms with Crippen LogP contribution in [0.3, 0.4) is 0 Å². The Labute approximate surface area is 117 Å². The van der Waals surface area contributed by atoms with Gasteiger partial charge in [0.05, 0.1) is 6.20 Å². The molecule has 0 unspecified atom stereocenters. The van der Waals surface area contributed by atoms with Gasteiger partial charge in [-0.05, 0) is 18.2 Å². The van der Waals surface area contributed by atoms with Crippen molar-refractivity contribution in [1.82, 2.24) is 14.9 Å². The third-order valence-electron chi connectivity index (χ3n) is 2.38. The molecule has 1 aromatic carbocycles. The fourth-order valence-electron chi connectivity index (χ4n) is 1.43. The predicted octanol–water partition coefficient (Wildman–Crippen LogP) is 1.37. The number of H-pyrrole nitrogens is 1. The molecule has 0 radical (unpaired) electrons. The molecule has 0 aliphatic heterocycles. The fraction of sp³-hybridized carbons (Fsp3) is 0.100.